The lowest BCUT2D eigenvalue weighted by atomic mass is 10.2. The highest BCUT2D eigenvalue weighted by Gasteiger charge is 2.28. The molecule has 1 heterocycles. The molecule has 82 valence electrons. The standard InChI is InChI=1S/C10H10ClN5/c11-8-5-6(1-4-9(8)12)10-13-14-15-16(10)7-2-3-7/h1,4-5,7H,2-3,12H2. The van der Waals surface area contributed by atoms with Crippen molar-refractivity contribution in [1.29, 1.82) is 0 Å². The van der Waals surface area contributed by atoms with E-state index in [1.807, 2.05) is 10.7 Å². The van der Waals surface area contributed by atoms with Gasteiger partial charge in [0.05, 0.1) is 16.8 Å². The molecule has 0 saturated heterocycles. The number of rotatable bonds is 2. The Kier molecular flexibility index (Phi) is 2.07. The minimum absolute atomic E-state index is 0.446. The minimum Gasteiger partial charge on any atom is -0.398 e. The van der Waals surface area contributed by atoms with Crippen molar-refractivity contribution >= 4 is 17.3 Å². The van der Waals surface area contributed by atoms with Crippen molar-refractivity contribution in [3.8, 4) is 11.4 Å². The van der Waals surface area contributed by atoms with Gasteiger partial charge in [0.2, 0.25) is 0 Å². The highest BCUT2D eigenvalue weighted by molar-refractivity contribution is 6.33. The number of hydrogen-bond acceptors (Lipinski definition) is 4. The summed E-state index contributed by atoms with van der Waals surface area (Å²) < 4.78 is 1.85. The second kappa shape index (κ2) is 3.45. The topological polar surface area (TPSA) is 69.6 Å². The van der Waals surface area contributed by atoms with E-state index in [4.69, 9.17) is 17.3 Å². The van der Waals surface area contributed by atoms with Crippen LogP contribution >= 0.6 is 11.6 Å². The van der Waals surface area contributed by atoms with Crippen LogP contribution in [0.5, 0.6) is 0 Å². The zero-order valence-corrected chi connectivity index (χ0v) is 9.22. The summed E-state index contributed by atoms with van der Waals surface area (Å²) in [5, 5.41) is 12.2. The zero-order chi connectivity index (χ0) is 11.1. The van der Waals surface area contributed by atoms with E-state index in [-0.39, 0.29) is 0 Å². The molecule has 0 spiro atoms. The second-order valence-electron chi connectivity index (χ2n) is 3.91. The summed E-state index contributed by atoms with van der Waals surface area (Å²) >= 11 is 5.98. The summed E-state index contributed by atoms with van der Waals surface area (Å²) in [6, 6.07) is 5.89. The first-order valence-electron chi connectivity index (χ1n) is 5.09. The third kappa shape index (κ3) is 1.53. The zero-order valence-electron chi connectivity index (χ0n) is 8.47. The second-order valence-corrected chi connectivity index (χ2v) is 4.32. The number of tetrazole rings is 1. The van der Waals surface area contributed by atoms with Crippen molar-refractivity contribution in [3.05, 3.63) is 23.2 Å². The van der Waals surface area contributed by atoms with E-state index in [9.17, 15) is 0 Å². The lowest BCUT2D eigenvalue weighted by Crippen LogP contribution is -1.99. The van der Waals surface area contributed by atoms with E-state index in [1.165, 1.54) is 0 Å². The van der Waals surface area contributed by atoms with Crippen molar-refractivity contribution in [3.63, 3.8) is 0 Å². The predicted molar refractivity (Wildman–Crippen MR) is 60.9 cm³/mol. The average molecular weight is 236 g/mol. The van der Waals surface area contributed by atoms with E-state index in [1.54, 1.807) is 12.1 Å². The van der Waals surface area contributed by atoms with Gasteiger partial charge in [0.15, 0.2) is 5.82 Å². The molecule has 1 aliphatic rings. The Hall–Kier alpha value is -1.62. The lowest BCUT2D eigenvalue weighted by Gasteiger charge is -2.04. The molecular weight excluding hydrogens is 226 g/mol. The molecule has 1 saturated carbocycles. The van der Waals surface area contributed by atoms with E-state index >= 15 is 0 Å². The van der Waals surface area contributed by atoms with E-state index in [0.29, 0.717) is 16.8 Å². The van der Waals surface area contributed by atoms with Crippen LogP contribution in [0.1, 0.15) is 18.9 Å². The number of halogens is 1. The Balaban J connectivity index is 2.07. The Morgan fingerprint density at radius 2 is 2.19 bits per heavy atom. The summed E-state index contributed by atoms with van der Waals surface area (Å²) in [5.74, 6) is 0.754. The van der Waals surface area contributed by atoms with Gasteiger partial charge >= 0.3 is 0 Å². The number of nitrogen functional groups attached to an aromatic ring is 1. The minimum atomic E-state index is 0.446. The van der Waals surface area contributed by atoms with Crippen LogP contribution in [0.25, 0.3) is 11.4 Å². The van der Waals surface area contributed by atoms with Crippen LogP contribution in [0.3, 0.4) is 0 Å². The molecule has 3 rings (SSSR count). The number of nitrogens with two attached hydrogens (primary N) is 1. The molecule has 0 unspecified atom stereocenters. The third-order valence-corrected chi connectivity index (χ3v) is 2.97. The summed E-state index contributed by atoms with van der Waals surface area (Å²) in [6.45, 7) is 0. The number of benzene rings is 1. The van der Waals surface area contributed by atoms with Crippen molar-refractivity contribution in [2.75, 3.05) is 5.73 Å². The van der Waals surface area contributed by atoms with Gasteiger partial charge in [-0.1, -0.05) is 11.6 Å². The van der Waals surface area contributed by atoms with Gasteiger partial charge in [-0.25, -0.2) is 4.68 Å². The first-order chi connectivity index (χ1) is 7.75. The van der Waals surface area contributed by atoms with Gasteiger partial charge in [-0.3, -0.25) is 0 Å². The van der Waals surface area contributed by atoms with Gasteiger partial charge in [-0.2, -0.15) is 0 Å². The lowest BCUT2D eigenvalue weighted by molar-refractivity contribution is 0.615. The fourth-order valence-electron chi connectivity index (χ4n) is 1.61. The normalized spacial score (nSPS) is 15.3. The fourth-order valence-corrected chi connectivity index (χ4v) is 1.80. The maximum Gasteiger partial charge on any atom is 0.182 e. The van der Waals surface area contributed by atoms with Crippen LogP contribution in [-0.2, 0) is 0 Å². The molecule has 5 nitrogen and oxygen atoms in total. The predicted octanol–water partition coefficient (Wildman–Crippen LogP) is 1.91. The van der Waals surface area contributed by atoms with Gasteiger partial charge in [0, 0.05) is 5.56 Å². The quantitative estimate of drug-likeness (QED) is 0.808. The SMILES string of the molecule is Nc1ccc(-c2nnnn2C2CC2)cc1Cl. The van der Waals surface area contributed by atoms with Gasteiger partial charge < -0.3 is 5.73 Å². The van der Waals surface area contributed by atoms with Crippen molar-refractivity contribution in [2.45, 2.75) is 18.9 Å². The number of hydrogen-bond donors (Lipinski definition) is 1. The van der Waals surface area contributed by atoms with Crippen LogP contribution in [0.4, 0.5) is 5.69 Å². The average Bonchev–Trinajstić information content (AvgIpc) is 3.01. The molecule has 1 aromatic carbocycles. The third-order valence-electron chi connectivity index (χ3n) is 2.64. The number of aromatic nitrogens is 4. The van der Waals surface area contributed by atoms with Crippen LogP contribution in [-0.4, -0.2) is 20.2 Å². The molecule has 0 bridgehead atoms. The Bertz CT molecular complexity index is 532. The molecule has 16 heavy (non-hydrogen) atoms. The van der Waals surface area contributed by atoms with Crippen LogP contribution in [0.15, 0.2) is 18.2 Å². The number of anilines is 1. The summed E-state index contributed by atoms with van der Waals surface area (Å²) in [7, 11) is 0. The van der Waals surface area contributed by atoms with Gasteiger partial charge in [-0.05, 0) is 41.5 Å². The Morgan fingerprint density at radius 3 is 2.88 bits per heavy atom. The molecule has 6 heteroatoms. The monoisotopic (exact) mass is 235 g/mol. The molecule has 1 fully saturated rings. The van der Waals surface area contributed by atoms with Gasteiger partial charge in [0.25, 0.3) is 0 Å². The Labute approximate surface area is 97.2 Å². The Morgan fingerprint density at radius 1 is 1.38 bits per heavy atom. The molecule has 0 radical (unpaired) electrons. The smallest absolute Gasteiger partial charge is 0.182 e. The van der Waals surface area contributed by atoms with E-state index in [2.05, 4.69) is 15.5 Å². The van der Waals surface area contributed by atoms with E-state index < -0.39 is 0 Å². The fraction of sp³-hybridized carbons (Fsp3) is 0.300. The highest BCUT2D eigenvalue weighted by Crippen LogP contribution is 2.37. The molecular formula is C10H10ClN5. The maximum absolute atomic E-state index is 5.98. The van der Waals surface area contributed by atoms with Crippen molar-refractivity contribution < 1.29 is 0 Å². The maximum atomic E-state index is 5.98. The molecule has 0 atom stereocenters. The van der Waals surface area contributed by atoms with Crippen LogP contribution < -0.4 is 5.73 Å². The highest BCUT2D eigenvalue weighted by atomic mass is 35.5. The molecule has 0 amide bonds. The molecule has 1 aliphatic carbocycles. The summed E-state index contributed by atoms with van der Waals surface area (Å²) in [4.78, 5) is 0. The van der Waals surface area contributed by atoms with Crippen molar-refractivity contribution in [2.24, 2.45) is 0 Å². The van der Waals surface area contributed by atoms with Crippen LogP contribution in [0, 0.1) is 0 Å². The number of nitrogens with zero attached hydrogens (tertiary/aromatic N) is 4. The largest absolute Gasteiger partial charge is 0.398 e. The molecule has 2 N–H and O–H groups in total. The molecule has 0 aliphatic heterocycles. The van der Waals surface area contributed by atoms with Gasteiger partial charge in [-0.15, -0.1) is 5.10 Å². The summed E-state index contributed by atoms with van der Waals surface area (Å²) in [6.07, 6.45) is 2.28. The summed E-state index contributed by atoms with van der Waals surface area (Å²) in [5.41, 5.74) is 7.13. The molecule has 2 aromatic rings. The molecule has 1 aromatic heterocycles. The van der Waals surface area contributed by atoms with Crippen molar-refractivity contribution in [1.82, 2.24) is 20.2 Å². The van der Waals surface area contributed by atoms with E-state index in [0.717, 1.165) is 24.2 Å². The van der Waals surface area contributed by atoms with Gasteiger partial charge in [0.1, 0.15) is 0 Å². The first kappa shape index (κ1) is 9.59. The van der Waals surface area contributed by atoms with Crippen LogP contribution in [0.2, 0.25) is 5.02 Å². The first-order valence-corrected chi connectivity index (χ1v) is 5.47.